The van der Waals surface area contributed by atoms with E-state index in [2.05, 4.69) is 10.3 Å². The van der Waals surface area contributed by atoms with Gasteiger partial charge in [0.1, 0.15) is 11.9 Å². The Morgan fingerprint density at radius 3 is 2.24 bits per heavy atom. The normalized spacial score (nSPS) is 13.9. The lowest BCUT2D eigenvalue weighted by molar-refractivity contribution is -0.125. The highest BCUT2D eigenvalue weighted by Gasteiger charge is 2.34. The average Bonchev–Trinajstić information content (AvgIpc) is 3.48. The van der Waals surface area contributed by atoms with Crippen LogP contribution < -0.4 is 15.8 Å². The molecule has 9 heteroatoms. The van der Waals surface area contributed by atoms with E-state index >= 15 is 0 Å². The Kier molecular flexibility index (Phi) is 11.1. The summed E-state index contributed by atoms with van der Waals surface area (Å²) in [5.41, 5.74) is 10.9. The fourth-order valence-corrected chi connectivity index (χ4v) is 5.85. The molecule has 0 aliphatic carbocycles. The standard InChI is InChI=1S/C33H37N3O5S/c1-22-10-9-11-23(2)32(22)40-20-30(38)36-31(28(18-27-19-35-21-42-27)25-14-7-4-8-15-25)29(37)17-26(41-33(34)39)16-24-12-5-3-6-13-24/h3-15,19,21,26,28-29,31,37H,16-18,20H2,1-2H3,(H2,34,39)(H,36,38)/t26-,28?,29-,31-/m0/s1. The zero-order valence-corrected chi connectivity index (χ0v) is 24.6. The van der Waals surface area contributed by atoms with Gasteiger partial charge in [-0.3, -0.25) is 9.78 Å². The fourth-order valence-electron chi connectivity index (χ4n) is 5.20. The van der Waals surface area contributed by atoms with E-state index in [1.807, 2.05) is 92.7 Å². The van der Waals surface area contributed by atoms with Crippen molar-refractivity contribution in [1.29, 1.82) is 0 Å². The van der Waals surface area contributed by atoms with Gasteiger partial charge >= 0.3 is 6.09 Å². The highest BCUT2D eigenvalue weighted by molar-refractivity contribution is 7.09. The Bertz CT molecular complexity index is 1400. The summed E-state index contributed by atoms with van der Waals surface area (Å²) in [5.74, 6) is -0.0223. The number of para-hydroxylation sites is 1. The smallest absolute Gasteiger partial charge is 0.404 e. The maximum Gasteiger partial charge on any atom is 0.404 e. The number of aromatic nitrogens is 1. The van der Waals surface area contributed by atoms with Crippen molar-refractivity contribution in [1.82, 2.24) is 10.3 Å². The number of rotatable bonds is 14. The first-order valence-electron chi connectivity index (χ1n) is 13.9. The second kappa shape index (κ2) is 15.1. The zero-order chi connectivity index (χ0) is 29.9. The summed E-state index contributed by atoms with van der Waals surface area (Å²) >= 11 is 1.51. The SMILES string of the molecule is Cc1cccc(C)c1OCC(=O)N[C@@H](C(Cc1cncs1)c1ccccc1)[C@@H](O)C[C@H](Cc1ccccc1)OC(N)=O. The summed E-state index contributed by atoms with van der Waals surface area (Å²) in [6.07, 6.45) is 0.0493. The second-order valence-corrected chi connectivity index (χ2v) is 11.3. The number of benzene rings is 3. The first-order valence-corrected chi connectivity index (χ1v) is 14.8. The lowest BCUT2D eigenvalue weighted by Gasteiger charge is -2.33. The van der Waals surface area contributed by atoms with Gasteiger partial charge in [-0.15, -0.1) is 11.3 Å². The molecule has 4 rings (SSSR count). The van der Waals surface area contributed by atoms with E-state index in [1.54, 1.807) is 11.7 Å². The summed E-state index contributed by atoms with van der Waals surface area (Å²) in [6.45, 7) is 3.64. The Morgan fingerprint density at radius 1 is 0.952 bits per heavy atom. The van der Waals surface area contributed by atoms with Crippen LogP contribution in [0.1, 0.15) is 39.5 Å². The second-order valence-electron chi connectivity index (χ2n) is 10.3. The van der Waals surface area contributed by atoms with Crippen LogP contribution >= 0.6 is 11.3 Å². The number of aryl methyl sites for hydroxylation is 2. The van der Waals surface area contributed by atoms with E-state index in [0.29, 0.717) is 18.6 Å². The van der Waals surface area contributed by atoms with Crippen molar-refractivity contribution >= 4 is 23.3 Å². The molecule has 0 fully saturated rings. The molecule has 0 bridgehead atoms. The number of aliphatic hydroxyl groups is 1. The number of ether oxygens (including phenoxy) is 2. The molecule has 0 spiro atoms. The quantitative estimate of drug-likeness (QED) is 0.188. The molecule has 3 aromatic carbocycles. The molecule has 4 N–H and O–H groups in total. The molecule has 1 aromatic heterocycles. The van der Waals surface area contributed by atoms with Gasteiger partial charge in [-0.1, -0.05) is 78.9 Å². The van der Waals surface area contributed by atoms with Crippen LogP contribution in [0.25, 0.3) is 0 Å². The van der Waals surface area contributed by atoms with E-state index in [-0.39, 0.29) is 24.9 Å². The van der Waals surface area contributed by atoms with Crippen molar-refractivity contribution < 1.29 is 24.2 Å². The fraction of sp³-hybridized carbons (Fsp3) is 0.303. The molecule has 8 nitrogen and oxygen atoms in total. The van der Waals surface area contributed by atoms with Gasteiger partial charge in [0.25, 0.3) is 5.91 Å². The summed E-state index contributed by atoms with van der Waals surface area (Å²) in [6, 6.07) is 24.3. The molecular formula is C33H37N3O5S. The van der Waals surface area contributed by atoms with Gasteiger partial charge in [0.2, 0.25) is 0 Å². The van der Waals surface area contributed by atoms with Crippen LogP contribution in [0.3, 0.4) is 0 Å². The predicted octanol–water partition coefficient (Wildman–Crippen LogP) is 5.11. The molecule has 220 valence electrons. The van der Waals surface area contributed by atoms with Gasteiger partial charge < -0.3 is 25.6 Å². The number of hydrogen-bond acceptors (Lipinski definition) is 7. The zero-order valence-electron chi connectivity index (χ0n) is 23.8. The van der Waals surface area contributed by atoms with Crippen LogP contribution in [-0.2, 0) is 22.4 Å². The lowest BCUT2D eigenvalue weighted by Crippen LogP contribution is -2.50. The summed E-state index contributed by atoms with van der Waals surface area (Å²) in [7, 11) is 0. The molecule has 0 saturated heterocycles. The Labute approximate surface area is 250 Å². The molecule has 0 aliphatic rings. The maximum absolute atomic E-state index is 13.4. The molecule has 0 aliphatic heterocycles. The van der Waals surface area contributed by atoms with Crippen molar-refractivity contribution in [3.63, 3.8) is 0 Å². The van der Waals surface area contributed by atoms with E-state index < -0.39 is 24.3 Å². The van der Waals surface area contributed by atoms with Crippen LogP contribution in [-0.4, -0.2) is 46.9 Å². The number of primary amides is 1. The first-order chi connectivity index (χ1) is 20.3. The summed E-state index contributed by atoms with van der Waals surface area (Å²) < 4.78 is 11.4. The van der Waals surface area contributed by atoms with Crippen molar-refractivity contribution in [3.8, 4) is 5.75 Å². The third-order valence-corrected chi connectivity index (χ3v) is 7.96. The molecule has 2 amide bonds. The number of carbonyl (C=O) groups is 2. The molecule has 4 aromatic rings. The number of amides is 2. The molecule has 42 heavy (non-hydrogen) atoms. The van der Waals surface area contributed by atoms with Crippen molar-refractivity contribution in [3.05, 3.63) is 118 Å². The van der Waals surface area contributed by atoms with Gasteiger partial charge in [-0.05, 0) is 42.5 Å². The van der Waals surface area contributed by atoms with Crippen LogP contribution in [0, 0.1) is 13.8 Å². The Balaban J connectivity index is 1.61. The lowest BCUT2D eigenvalue weighted by atomic mass is 9.83. The van der Waals surface area contributed by atoms with Crippen molar-refractivity contribution in [2.75, 3.05) is 6.61 Å². The van der Waals surface area contributed by atoms with Crippen LogP contribution in [0.5, 0.6) is 5.75 Å². The topological polar surface area (TPSA) is 124 Å². The number of hydrogen-bond donors (Lipinski definition) is 3. The molecule has 1 heterocycles. The van der Waals surface area contributed by atoms with Gasteiger partial charge in [-0.25, -0.2) is 4.79 Å². The molecule has 0 radical (unpaired) electrons. The number of nitrogens with two attached hydrogens (primary N) is 1. The molecular weight excluding hydrogens is 550 g/mol. The molecule has 4 atom stereocenters. The third kappa shape index (κ3) is 8.89. The number of carbonyl (C=O) groups excluding carboxylic acids is 2. The number of aliphatic hydroxyl groups excluding tert-OH is 1. The molecule has 1 unspecified atom stereocenters. The minimum absolute atomic E-state index is 0.0621. The van der Waals surface area contributed by atoms with E-state index in [4.69, 9.17) is 15.2 Å². The molecule has 0 saturated carbocycles. The Hall–Kier alpha value is -4.21. The summed E-state index contributed by atoms with van der Waals surface area (Å²) in [5, 5.41) is 14.8. The highest BCUT2D eigenvalue weighted by Crippen LogP contribution is 2.30. The summed E-state index contributed by atoms with van der Waals surface area (Å²) in [4.78, 5) is 30.4. The Morgan fingerprint density at radius 2 is 1.62 bits per heavy atom. The van der Waals surface area contributed by atoms with Crippen LogP contribution in [0.15, 0.2) is 90.6 Å². The average molecular weight is 588 g/mol. The van der Waals surface area contributed by atoms with Crippen LogP contribution in [0.2, 0.25) is 0 Å². The number of nitrogens with zero attached hydrogens (tertiary/aromatic N) is 1. The maximum atomic E-state index is 13.4. The van der Waals surface area contributed by atoms with Gasteiger partial charge in [0, 0.05) is 29.8 Å². The van der Waals surface area contributed by atoms with Gasteiger partial charge in [0.15, 0.2) is 6.61 Å². The van der Waals surface area contributed by atoms with E-state index in [0.717, 1.165) is 27.1 Å². The minimum Gasteiger partial charge on any atom is -0.483 e. The van der Waals surface area contributed by atoms with Crippen molar-refractivity contribution in [2.45, 2.75) is 57.3 Å². The third-order valence-electron chi connectivity index (χ3n) is 7.16. The number of thiazole rings is 1. The highest BCUT2D eigenvalue weighted by atomic mass is 32.1. The van der Waals surface area contributed by atoms with Crippen molar-refractivity contribution in [2.24, 2.45) is 5.73 Å². The first kappa shape index (κ1) is 30.7. The largest absolute Gasteiger partial charge is 0.483 e. The number of nitrogens with one attached hydrogen (secondary N) is 1. The van der Waals surface area contributed by atoms with Crippen LogP contribution in [0.4, 0.5) is 4.79 Å². The monoisotopic (exact) mass is 587 g/mol. The van der Waals surface area contributed by atoms with Gasteiger partial charge in [-0.2, -0.15) is 0 Å². The van der Waals surface area contributed by atoms with E-state index in [9.17, 15) is 14.7 Å². The van der Waals surface area contributed by atoms with Gasteiger partial charge in [0.05, 0.1) is 17.7 Å². The van der Waals surface area contributed by atoms with E-state index in [1.165, 1.54) is 11.3 Å². The minimum atomic E-state index is -1.08. The predicted molar refractivity (Wildman–Crippen MR) is 164 cm³/mol.